The fourth-order valence-corrected chi connectivity index (χ4v) is 4.07. The summed E-state index contributed by atoms with van der Waals surface area (Å²) in [5.74, 6) is 0.486. The van der Waals surface area contributed by atoms with E-state index >= 15 is 0 Å². The Morgan fingerprint density at radius 1 is 0.935 bits per heavy atom. The van der Waals surface area contributed by atoms with Crippen molar-refractivity contribution in [1.82, 2.24) is 10.2 Å². The van der Waals surface area contributed by atoms with Gasteiger partial charge in [0.05, 0.1) is 52.4 Å². The van der Waals surface area contributed by atoms with Gasteiger partial charge in [-0.3, -0.25) is 4.79 Å². The molecule has 2 aliphatic heterocycles. The van der Waals surface area contributed by atoms with Gasteiger partial charge in [-0.05, 0) is 31.2 Å². The van der Waals surface area contributed by atoms with Gasteiger partial charge in [0.2, 0.25) is 5.91 Å². The minimum Gasteiger partial charge on any atom is -0.379 e. The van der Waals surface area contributed by atoms with Crippen LogP contribution in [0.1, 0.15) is 31.2 Å². The minimum atomic E-state index is 0.173. The van der Waals surface area contributed by atoms with E-state index in [-0.39, 0.29) is 12.0 Å². The van der Waals surface area contributed by atoms with E-state index in [2.05, 4.69) is 17.4 Å². The highest BCUT2D eigenvalue weighted by atomic mass is 16.5. The first-order valence-corrected chi connectivity index (χ1v) is 11.7. The first-order chi connectivity index (χ1) is 15.3. The summed E-state index contributed by atoms with van der Waals surface area (Å²) in [7, 11) is 0. The number of ether oxygens (including phenoxy) is 4. The monoisotopic (exact) mass is 434 g/mol. The molecule has 1 aromatic rings. The van der Waals surface area contributed by atoms with Gasteiger partial charge in [-0.1, -0.05) is 30.3 Å². The third-order valence-electron chi connectivity index (χ3n) is 5.89. The minimum absolute atomic E-state index is 0.173. The Labute approximate surface area is 186 Å². The molecule has 1 aromatic carbocycles. The summed E-state index contributed by atoms with van der Waals surface area (Å²) in [6.45, 7) is 8.54. The van der Waals surface area contributed by atoms with E-state index in [9.17, 15) is 4.79 Å². The predicted molar refractivity (Wildman–Crippen MR) is 119 cm³/mol. The van der Waals surface area contributed by atoms with Crippen LogP contribution in [0.3, 0.4) is 0 Å². The summed E-state index contributed by atoms with van der Waals surface area (Å²) in [6, 6.07) is 10.2. The summed E-state index contributed by atoms with van der Waals surface area (Å²) in [5, 5.41) is 3.16. The van der Waals surface area contributed by atoms with Crippen LogP contribution in [0, 0.1) is 5.92 Å². The van der Waals surface area contributed by atoms with Crippen molar-refractivity contribution in [2.75, 3.05) is 65.8 Å². The summed E-state index contributed by atoms with van der Waals surface area (Å²) in [5.41, 5.74) is 1.18. The molecule has 1 aliphatic carbocycles. The van der Waals surface area contributed by atoms with Crippen LogP contribution in [-0.2, 0) is 30.3 Å². The van der Waals surface area contributed by atoms with Crippen LogP contribution in [0.25, 0.3) is 0 Å². The summed E-state index contributed by atoms with van der Waals surface area (Å²) >= 11 is 0. The van der Waals surface area contributed by atoms with Gasteiger partial charge in [0, 0.05) is 32.1 Å². The molecule has 1 N–H and O–H groups in total. The molecule has 2 heterocycles. The maximum Gasteiger partial charge on any atom is 0.225 e. The lowest BCUT2D eigenvalue weighted by molar-refractivity contribution is -0.141. The van der Waals surface area contributed by atoms with Crippen molar-refractivity contribution < 1.29 is 23.7 Å². The number of nitrogens with zero attached hydrogens (tertiary/aromatic N) is 1. The number of nitrogens with one attached hydrogen (secondary N) is 1. The van der Waals surface area contributed by atoms with E-state index in [0.717, 1.165) is 65.1 Å². The van der Waals surface area contributed by atoms with Gasteiger partial charge in [0.15, 0.2) is 0 Å². The number of rotatable bonds is 7. The molecule has 0 radical (unpaired) electrons. The predicted octanol–water partition coefficient (Wildman–Crippen LogP) is 2.24. The van der Waals surface area contributed by atoms with Crippen LogP contribution in [0.4, 0.5) is 0 Å². The second-order valence-electron chi connectivity index (χ2n) is 8.18. The van der Waals surface area contributed by atoms with Crippen LogP contribution in [0.15, 0.2) is 30.3 Å². The Hall–Kier alpha value is -1.51. The van der Waals surface area contributed by atoms with Crippen molar-refractivity contribution in [3.05, 3.63) is 35.9 Å². The van der Waals surface area contributed by atoms with Crippen LogP contribution in [-0.4, -0.2) is 82.7 Å². The second-order valence-corrected chi connectivity index (χ2v) is 8.18. The lowest BCUT2D eigenvalue weighted by atomic mass is 9.86. The molecule has 0 atom stereocenters. The lowest BCUT2D eigenvalue weighted by Crippen LogP contribution is -2.44. The van der Waals surface area contributed by atoms with Crippen molar-refractivity contribution in [1.29, 1.82) is 0 Å². The Balaban J connectivity index is 0.000000391. The molecule has 31 heavy (non-hydrogen) atoms. The lowest BCUT2D eigenvalue weighted by Gasteiger charge is -2.33. The van der Waals surface area contributed by atoms with Gasteiger partial charge in [0.1, 0.15) is 0 Å². The average molecular weight is 435 g/mol. The molecule has 0 unspecified atom stereocenters. The van der Waals surface area contributed by atoms with Crippen LogP contribution in [0.2, 0.25) is 0 Å². The van der Waals surface area contributed by atoms with E-state index in [0.29, 0.717) is 38.9 Å². The molecular weight excluding hydrogens is 396 g/mol. The fraction of sp³-hybridized carbons (Fsp3) is 0.708. The Bertz CT molecular complexity index is 586. The van der Waals surface area contributed by atoms with Crippen molar-refractivity contribution in [2.45, 2.75) is 38.4 Å². The maximum atomic E-state index is 12.5. The number of carbonyl (C=O) groups excluding carboxylic acids is 1. The molecule has 7 nitrogen and oxygen atoms in total. The first kappa shape index (κ1) is 24.1. The molecule has 174 valence electrons. The van der Waals surface area contributed by atoms with E-state index in [1.807, 2.05) is 23.1 Å². The molecule has 0 aromatic heterocycles. The molecule has 3 fully saturated rings. The van der Waals surface area contributed by atoms with E-state index in [1.54, 1.807) is 0 Å². The molecular formula is C24H38N2O5. The van der Waals surface area contributed by atoms with Gasteiger partial charge in [-0.15, -0.1) is 0 Å². The number of benzene rings is 1. The average Bonchev–Trinajstić information content (AvgIpc) is 2.86. The standard InChI is InChI=1S/C20H29NO4.C4H9NO/c22-20(21-10-12-23-13-11-21)18-6-8-19(9-7-18)25-15-14-24-16-17-4-2-1-3-5-17;1-3-6-4-2-5-1/h1-5,18-19H,6-16H2;5H,1-4H2. The highest BCUT2D eigenvalue weighted by Gasteiger charge is 2.30. The molecule has 7 heteroatoms. The largest absolute Gasteiger partial charge is 0.379 e. The summed E-state index contributed by atoms with van der Waals surface area (Å²) in [6.07, 6.45) is 4.09. The zero-order chi connectivity index (χ0) is 21.6. The number of morpholine rings is 2. The summed E-state index contributed by atoms with van der Waals surface area (Å²) in [4.78, 5) is 14.5. The topological polar surface area (TPSA) is 69.3 Å². The van der Waals surface area contributed by atoms with Crippen molar-refractivity contribution in [3.63, 3.8) is 0 Å². The van der Waals surface area contributed by atoms with Gasteiger partial charge in [-0.2, -0.15) is 0 Å². The number of amides is 1. The van der Waals surface area contributed by atoms with Crippen LogP contribution >= 0.6 is 0 Å². The number of carbonyl (C=O) groups is 1. The normalized spacial score (nSPS) is 24.2. The van der Waals surface area contributed by atoms with Crippen LogP contribution < -0.4 is 5.32 Å². The van der Waals surface area contributed by atoms with Crippen molar-refractivity contribution >= 4 is 5.91 Å². The second kappa shape index (κ2) is 14.5. The quantitative estimate of drug-likeness (QED) is 0.664. The van der Waals surface area contributed by atoms with Gasteiger partial charge in [0.25, 0.3) is 0 Å². The molecule has 1 saturated carbocycles. The molecule has 1 amide bonds. The maximum absolute atomic E-state index is 12.5. The van der Waals surface area contributed by atoms with Gasteiger partial charge >= 0.3 is 0 Å². The van der Waals surface area contributed by atoms with Crippen LogP contribution in [0.5, 0.6) is 0 Å². The zero-order valence-corrected chi connectivity index (χ0v) is 18.6. The molecule has 2 saturated heterocycles. The first-order valence-electron chi connectivity index (χ1n) is 11.7. The van der Waals surface area contributed by atoms with Gasteiger partial charge in [-0.25, -0.2) is 0 Å². The third kappa shape index (κ3) is 9.25. The van der Waals surface area contributed by atoms with Crippen molar-refractivity contribution in [2.24, 2.45) is 5.92 Å². The highest BCUT2D eigenvalue weighted by molar-refractivity contribution is 5.79. The van der Waals surface area contributed by atoms with E-state index in [1.165, 1.54) is 5.56 Å². The third-order valence-corrected chi connectivity index (χ3v) is 5.89. The zero-order valence-electron chi connectivity index (χ0n) is 18.6. The smallest absolute Gasteiger partial charge is 0.225 e. The molecule has 0 spiro atoms. The number of hydrogen-bond acceptors (Lipinski definition) is 6. The number of hydrogen-bond donors (Lipinski definition) is 1. The Morgan fingerprint density at radius 3 is 2.23 bits per heavy atom. The molecule has 4 rings (SSSR count). The Morgan fingerprint density at radius 2 is 1.61 bits per heavy atom. The molecule has 0 bridgehead atoms. The SMILES string of the molecule is C1COCCN1.O=C(C1CCC(OCCOCc2ccccc2)CC1)N1CCOCC1. The molecule has 3 aliphatic rings. The Kier molecular flexibility index (Phi) is 11.3. The van der Waals surface area contributed by atoms with E-state index < -0.39 is 0 Å². The summed E-state index contributed by atoms with van der Waals surface area (Å²) < 4.78 is 21.9. The fourth-order valence-electron chi connectivity index (χ4n) is 4.07. The highest BCUT2D eigenvalue weighted by Crippen LogP contribution is 2.28. The van der Waals surface area contributed by atoms with E-state index in [4.69, 9.17) is 18.9 Å². The van der Waals surface area contributed by atoms with Gasteiger partial charge < -0.3 is 29.2 Å². The van der Waals surface area contributed by atoms with Crippen molar-refractivity contribution in [3.8, 4) is 0 Å².